The molecule has 4 rings (SSSR count). The van der Waals surface area contributed by atoms with Gasteiger partial charge in [-0.25, -0.2) is 0 Å². The Kier molecular flexibility index (Phi) is 7.50. The van der Waals surface area contributed by atoms with Crippen LogP contribution < -0.4 is 10.6 Å². The highest BCUT2D eigenvalue weighted by Gasteiger charge is 2.59. The monoisotopic (exact) mass is 436 g/mol. The highest BCUT2D eigenvalue weighted by atomic mass is 32.2. The van der Waals surface area contributed by atoms with Gasteiger partial charge in [-0.3, -0.25) is 9.79 Å². The summed E-state index contributed by atoms with van der Waals surface area (Å²) < 4.78 is 6.00. The molecule has 4 fully saturated rings. The predicted molar refractivity (Wildman–Crippen MR) is 124 cm³/mol. The first-order chi connectivity index (χ1) is 14.7. The van der Waals surface area contributed by atoms with Crippen LogP contribution in [-0.2, 0) is 9.53 Å². The first-order valence-corrected chi connectivity index (χ1v) is 13.4. The van der Waals surface area contributed by atoms with Crippen LogP contribution >= 0.6 is 11.8 Å². The van der Waals surface area contributed by atoms with Crippen molar-refractivity contribution in [3.63, 3.8) is 0 Å². The van der Waals surface area contributed by atoms with E-state index in [0.717, 1.165) is 75.8 Å². The second-order valence-electron chi connectivity index (χ2n) is 9.42. The van der Waals surface area contributed by atoms with Gasteiger partial charge in [-0.15, -0.1) is 0 Å². The Morgan fingerprint density at radius 1 is 1.13 bits per heavy atom. The summed E-state index contributed by atoms with van der Waals surface area (Å²) in [7, 11) is 0. The molecule has 4 aliphatic rings. The van der Waals surface area contributed by atoms with Crippen molar-refractivity contribution < 1.29 is 9.53 Å². The maximum atomic E-state index is 12.8. The molecule has 1 spiro atoms. The lowest BCUT2D eigenvalue weighted by Crippen LogP contribution is -2.69. The second kappa shape index (κ2) is 10.1. The zero-order chi connectivity index (χ0) is 21.0. The van der Waals surface area contributed by atoms with E-state index in [9.17, 15) is 4.79 Å². The van der Waals surface area contributed by atoms with Gasteiger partial charge in [0.05, 0.1) is 6.10 Å². The lowest BCUT2D eigenvalue weighted by Gasteiger charge is -2.61. The normalized spacial score (nSPS) is 33.5. The number of carbonyl (C=O) groups excluding carboxylic acids is 1. The lowest BCUT2D eigenvalue weighted by molar-refractivity contribution is -0.168. The van der Waals surface area contributed by atoms with Gasteiger partial charge >= 0.3 is 0 Å². The molecule has 2 atom stereocenters. The summed E-state index contributed by atoms with van der Waals surface area (Å²) in [6.07, 6.45) is 9.50. The number of rotatable bonds is 6. The summed E-state index contributed by atoms with van der Waals surface area (Å²) in [5.41, 5.74) is 0.336. The van der Waals surface area contributed by atoms with Crippen LogP contribution in [0.25, 0.3) is 0 Å². The van der Waals surface area contributed by atoms with Gasteiger partial charge in [0, 0.05) is 61.2 Å². The van der Waals surface area contributed by atoms with Crippen molar-refractivity contribution in [2.75, 3.05) is 37.7 Å². The minimum absolute atomic E-state index is 0.225. The number of carbonyl (C=O) groups is 1. The van der Waals surface area contributed by atoms with Gasteiger partial charge < -0.3 is 20.3 Å². The smallest absolute Gasteiger partial charge is 0.225 e. The van der Waals surface area contributed by atoms with Crippen LogP contribution in [0.5, 0.6) is 0 Å². The molecule has 1 saturated heterocycles. The molecule has 0 radical (unpaired) electrons. The molecule has 0 aromatic carbocycles. The highest BCUT2D eigenvalue weighted by molar-refractivity contribution is 7.99. The topological polar surface area (TPSA) is 66.0 Å². The van der Waals surface area contributed by atoms with Gasteiger partial charge in [-0.05, 0) is 58.8 Å². The van der Waals surface area contributed by atoms with Gasteiger partial charge in [0.15, 0.2) is 5.96 Å². The molecule has 6 nitrogen and oxygen atoms in total. The number of amides is 1. The fraction of sp³-hybridized carbons (Fsp3) is 0.913. The number of nitrogens with zero attached hydrogens (tertiary/aromatic N) is 2. The number of hydrogen-bond acceptors (Lipinski definition) is 4. The molecule has 1 heterocycles. The number of ether oxygens (including phenoxy) is 1. The van der Waals surface area contributed by atoms with Crippen LogP contribution in [0.4, 0.5) is 0 Å². The number of nitrogens with one attached hydrogen (secondary N) is 2. The Labute approximate surface area is 186 Å². The number of aliphatic imine (C=N–C) groups is 1. The zero-order valence-corrected chi connectivity index (χ0v) is 19.6. The average Bonchev–Trinajstić information content (AvgIpc) is 2.72. The molecule has 7 heteroatoms. The maximum Gasteiger partial charge on any atom is 0.225 e. The summed E-state index contributed by atoms with van der Waals surface area (Å²) in [6.45, 7) is 7.66. The highest BCUT2D eigenvalue weighted by Crippen LogP contribution is 2.57. The van der Waals surface area contributed by atoms with Crippen LogP contribution in [-0.4, -0.2) is 72.7 Å². The molecule has 1 aliphatic heterocycles. The Hall–Kier alpha value is -0.950. The minimum atomic E-state index is 0.225. The second-order valence-corrected chi connectivity index (χ2v) is 10.6. The number of hydrogen-bond donors (Lipinski definition) is 2. The first kappa shape index (κ1) is 22.3. The largest absolute Gasteiger partial charge is 0.378 e. The fourth-order valence-corrected chi connectivity index (χ4v) is 6.72. The van der Waals surface area contributed by atoms with Crippen molar-refractivity contribution in [1.29, 1.82) is 0 Å². The van der Waals surface area contributed by atoms with E-state index in [1.807, 2.05) is 11.8 Å². The van der Waals surface area contributed by atoms with Gasteiger partial charge in [0.1, 0.15) is 0 Å². The van der Waals surface area contributed by atoms with E-state index in [1.165, 1.54) is 19.3 Å². The van der Waals surface area contributed by atoms with E-state index < -0.39 is 0 Å². The van der Waals surface area contributed by atoms with Crippen LogP contribution in [0, 0.1) is 11.3 Å². The minimum Gasteiger partial charge on any atom is -0.378 e. The fourth-order valence-electron chi connectivity index (χ4n) is 5.82. The van der Waals surface area contributed by atoms with Crippen molar-refractivity contribution in [3.05, 3.63) is 0 Å². The molecule has 0 aromatic heterocycles. The summed E-state index contributed by atoms with van der Waals surface area (Å²) in [5.74, 6) is 3.78. The van der Waals surface area contributed by atoms with Crippen molar-refractivity contribution in [2.24, 2.45) is 16.3 Å². The molecule has 3 aliphatic carbocycles. The Morgan fingerprint density at radius 2 is 1.87 bits per heavy atom. The van der Waals surface area contributed by atoms with Crippen molar-refractivity contribution in [2.45, 2.75) is 83.4 Å². The Bertz CT molecular complexity index is 610. The third-order valence-electron chi connectivity index (χ3n) is 7.80. The molecule has 2 unspecified atom stereocenters. The first-order valence-electron chi connectivity index (χ1n) is 12.2. The average molecular weight is 437 g/mol. The zero-order valence-electron chi connectivity index (χ0n) is 18.8. The Morgan fingerprint density at radius 3 is 2.47 bits per heavy atom. The van der Waals surface area contributed by atoms with Crippen LogP contribution in [0.2, 0.25) is 0 Å². The molecule has 170 valence electrons. The number of guanidine groups is 1. The third-order valence-corrected chi connectivity index (χ3v) is 8.75. The van der Waals surface area contributed by atoms with Gasteiger partial charge in [-0.2, -0.15) is 11.8 Å². The SMILES string of the molecule is CCN=C(NC1CCC(C(=O)N2CCSCC2)CC1)NC1CC(OCC)C12CCC2. The molecular formula is C23H40N4O2S. The quantitative estimate of drug-likeness (QED) is 0.495. The molecular weight excluding hydrogens is 396 g/mol. The van der Waals surface area contributed by atoms with Gasteiger partial charge in [0.2, 0.25) is 5.91 Å². The lowest BCUT2D eigenvalue weighted by atomic mass is 9.51. The summed E-state index contributed by atoms with van der Waals surface area (Å²) >= 11 is 1.96. The number of thioether (sulfide) groups is 1. The maximum absolute atomic E-state index is 12.8. The molecule has 2 N–H and O–H groups in total. The van der Waals surface area contributed by atoms with E-state index in [1.54, 1.807) is 0 Å². The standard InChI is InChI=1S/C23H40N4O2S/c1-3-24-22(26-19-16-20(29-4-2)23(19)10-5-11-23)25-18-8-6-17(7-9-18)21(28)27-12-14-30-15-13-27/h17-20H,3-16H2,1-2H3,(H2,24,25,26). The van der Waals surface area contributed by atoms with Crippen LogP contribution in [0.1, 0.15) is 65.2 Å². The summed E-state index contributed by atoms with van der Waals surface area (Å²) in [4.78, 5) is 19.7. The molecule has 30 heavy (non-hydrogen) atoms. The van der Waals surface area contributed by atoms with E-state index in [-0.39, 0.29) is 5.92 Å². The van der Waals surface area contributed by atoms with Crippen molar-refractivity contribution in [3.8, 4) is 0 Å². The van der Waals surface area contributed by atoms with Gasteiger partial charge in [-0.1, -0.05) is 6.42 Å². The van der Waals surface area contributed by atoms with Gasteiger partial charge in [0.25, 0.3) is 0 Å². The van der Waals surface area contributed by atoms with Crippen LogP contribution in [0.3, 0.4) is 0 Å². The summed E-state index contributed by atoms with van der Waals surface area (Å²) in [6, 6.07) is 0.902. The van der Waals surface area contributed by atoms with Crippen molar-refractivity contribution >= 4 is 23.6 Å². The molecule has 1 amide bonds. The van der Waals surface area contributed by atoms with E-state index in [0.29, 0.717) is 29.5 Å². The molecule has 0 bridgehead atoms. The van der Waals surface area contributed by atoms with E-state index in [4.69, 9.17) is 9.73 Å². The predicted octanol–water partition coefficient (Wildman–Crippen LogP) is 3.02. The van der Waals surface area contributed by atoms with E-state index in [2.05, 4.69) is 29.4 Å². The van der Waals surface area contributed by atoms with E-state index >= 15 is 0 Å². The third kappa shape index (κ3) is 4.62. The van der Waals surface area contributed by atoms with Crippen LogP contribution in [0.15, 0.2) is 4.99 Å². The van der Waals surface area contributed by atoms with Crippen molar-refractivity contribution in [1.82, 2.24) is 15.5 Å². The summed E-state index contributed by atoms with van der Waals surface area (Å²) in [5, 5.41) is 7.45. The molecule has 0 aromatic rings. The molecule has 3 saturated carbocycles. The Balaban J connectivity index is 1.26.